The van der Waals surface area contributed by atoms with Gasteiger partial charge in [0.1, 0.15) is 6.04 Å². The van der Waals surface area contributed by atoms with E-state index in [1.807, 2.05) is 54.6 Å². The molecule has 0 aliphatic heterocycles. The minimum absolute atomic E-state index is 0.213. The van der Waals surface area contributed by atoms with Gasteiger partial charge in [-0.05, 0) is 17.2 Å². The number of urea groups is 1. The number of nitrogens with one attached hydrogen (secondary N) is 2. The maximum absolute atomic E-state index is 12.4. The number of aromatic nitrogens is 1. The van der Waals surface area contributed by atoms with E-state index in [0.717, 1.165) is 22.0 Å². The highest BCUT2D eigenvalue weighted by molar-refractivity contribution is 5.86. The molecule has 0 spiro atoms. The molecule has 26 heavy (non-hydrogen) atoms. The fourth-order valence-corrected chi connectivity index (χ4v) is 2.91. The number of para-hydroxylation sites is 1. The number of carboxylic acids is 1. The number of benzene rings is 2. The Morgan fingerprint density at radius 2 is 1.81 bits per heavy atom. The van der Waals surface area contributed by atoms with E-state index < -0.39 is 18.0 Å². The van der Waals surface area contributed by atoms with Crippen LogP contribution in [0.3, 0.4) is 0 Å². The van der Waals surface area contributed by atoms with Crippen LogP contribution in [0.2, 0.25) is 0 Å². The maximum Gasteiger partial charge on any atom is 0.326 e. The minimum Gasteiger partial charge on any atom is -0.480 e. The zero-order valence-electron chi connectivity index (χ0n) is 14.5. The van der Waals surface area contributed by atoms with Crippen molar-refractivity contribution in [1.29, 1.82) is 0 Å². The Kier molecular flexibility index (Phi) is 5.22. The second kappa shape index (κ2) is 7.74. The molecule has 0 saturated carbocycles. The standard InChI is InChI=1S/C20H21N3O3/c1-23(13-14-7-3-2-4-8-14)20(26)22-18(19(24)25)11-15-12-21-17-10-6-5-9-16(15)17/h2-10,12,18,21H,11,13H2,1H3,(H,22,26)(H,24,25)/t18-/m1/s1. The lowest BCUT2D eigenvalue weighted by molar-refractivity contribution is -0.139. The highest BCUT2D eigenvalue weighted by Gasteiger charge is 2.23. The summed E-state index contributed by atoms with van der Waals surface area (Å²) in [4.78, 5) is 28.6. The molecular weight excluding hydrogens is 330 g/mol. The summed E-state index contributed by atoms with van der Waals surface area (Å²) in [7, 11) is 1.65. The van der Waals surface area contributed by atoms with Crippen molar-refractivity contribution in [2.24, 2.45) is 0 Å². The molecule has 3 aromatic rings. The highest BCUT2D eigenvalue weighted by Crippen LogP contribution is 2.19. The summed E-state index contributed by atoms with van der Waals surface area (Å²) in [5.41, 5.74) is 2.78. The van der Waals surface area contributed by atoms with Crippen molar-refractivity contribution in [2.45, 2.75) is 19.0 Å². The molecule has 0 aliphatic rings. The van der Waals surface area contributed by atoms with Crippen LogP contribution in [0.15, 0.2) is 60.8 Å². The van der Waals surface area contributed by atoms with Crippen LogP contribution in [-0.2, 0) is 17.8 Å². The van der Waals surface area contributed by atoms with Crippen LogP contribution in [0.5, 0.6) is 0 Å². The van der Waals surface area contributed by atoms with Crippen LogP contribution in [0, 0.1) is 0 Å². The molecule has 0 bridgehead atoms. The number of aliphatic carboxylic acids is 1. The number of hydrogen-bond donors (Lipinski definition) is 3. The van der Waals surface area contributed by atoms with Gasteiger partial charge >= 0.3 is 12.0 Å². The highest BCUT2D eigenvalue weighted by atomic mass is 16.4. The van der Waals surface area contributed by atoms with Gasteiger partial charge in [-0.25, -0.2) is 9.59 Å². The van der Waals surface area contributed by atoms with Gasteiger partial charge in [0.25, 0.3) is 0 Å². The average molecular weight is 351 g/mol. The predicted molar refractivity (Wildman–Crippen MR) is 99.9 cm³/mol. The van der Waals surface area contributed by atoms with Crippen molar-refractivity contribution in [2.75, 3.05) is 7.05 Å². The maximum atomic E-state index is 12.4. The van der Waals surface area contributed by atoms with E-state index in [0.29, 0.717) is 6.54 Å². The number of H-pyrrole nitrogens is 1. The van der Waals surface area contributed by atoms with Crippen molar-refractivity contribution in [3.8, 4) is 0 Å². The Morgan fingerprint density at radius 3 is 2.54 bits per heavy atom. The van der Waals surface area contributed by atoms with E-state index in [2.05, 4.69) is 10.3 Å². The van der Waals surface area contributed by atoms with E-state index in [-0.39, 0.29) is 6.42 Å². The lowest BCUT2D eigenvalue weighted by Gasteiger charge is -2.21. The number of carboxylic acid groups (broad SMARTS) is 1. The molecule has 0 fully saturated rings. The lowest BCUT2D eigenvalue weighted by Crippen LogP contribution is -2.47. The number of fused-ring (bicyclic) bond motifs is 1. The number of carbonyl (C=O) groups is 2. The van der Waals surface area contributed by atoms with Crippen LogP contribution in [0.4, 0.5) is 4.79 Å². The Hall–Kier alpha value is -3.28. The Balaban J connectivity index is 1.68. The third-order valence-corrected chi connectivity index (χ3v) is 4.30. The van der Waals surface area contributed by atoms with Crippen LogP contribution in [0.25, 0.3) is 10.9 Å². The van der Waals surface area contributed by atoms with Crippen LogP contribution in [0.1, 0.15) is 11.1 Å². The lowest BCUT2D eigenvalue weighted by atomic mass is 10.1. The number of hydrogen-bond acceptors (Lipinski definition) is 2. The van der Waals surface area contributed by atoms with E-state index in [9.17, 15) is 14.7 Å². The summed E-state index contributed by atoms with van der Waals surface area (Å²) in [5.74, 6) is -1.06. The van der Waals surface area contributed by atoms with Gasteiger partial charge in [0, 0.05) is 37.1 Å². The largest absolute Gasteiger partial charge is 0.480 e. The Morgan fingerprint density at radius 1 is 1.12 bits per heavy atom. The molecule has 1 aromatic heterocycles. The fraction of sp³-hybridized carbons (Fsp3) is 0.200. The second-order valence-electron chi connectivity index (χ2n) is 6.25. The summed E-state index contributed by atoms with van der Waals surface area (Å²) in [6, 6.07) is 15.8. The molecule has 0 unspecified atom stereocenters. The van der Waals surface area contributed by atoms with Crippen LogP contribution in [-0.4, -0.2) is 40.1 Å². The monoisotopic (exact) mass is 351 g/mol. The number of aromatic amines is 1. The fourth-order valence-electron chi connectivity index (χ4n) is 2.91. The molecule has 0 radical (unpaired) electrons. The van der Waals surface area contributed by atoms with Crippen molar-refractivity contribution in [1.82, 2.24) is 15.2 Å². The quantitative estimate of drug-likeness (QED) is 0.638. The van der Waals surface area contributed by atoms with Gasteiger partial charge in [-0.3, -0.25) is 0 Å². The first-order chi connectivity index (χ1) is 12.5. The van der Waals surface area contributed by atoms with Crippen molar-refractivity contribution in [3.05, 3.63) is 71.9 Å². The molecule has 134 valence electrons. The van der Waals surface area contributed by atoms with Crippen molar-refractivity contribution < 1.29 is 14.7 Å². The number of amides is 2. The van der Waals surface area contributed by atoms with Crippen LogP contribution >= 0.6 is 0 Å². The summed E-state index contributed by atoms with van der Waals surface area (Å²) in [5, 5.41) is 13.1. The molecule has 6 nitrogen and oxygen atoms in total. The first kappa shape index (κ1) is 17.5. The molecule has 0 saturated heterocycles. The van der Waals surface area contributed by atoms with E-state index in [1.54, 1.807) is 13.2 Å². The number of rotatable bonds is 6. The van der Waals surface area contributed by atoms with Gasteiger partial charge in [0.2, 0.25) is 0 Å². The molecular formula is C20H21N3O3. The molecule has 2 aromatic carbocycles. The Bertz CT molecular complexity index is 905. The van der Waals surface area contributed by atoms with E-state index in [1.165, 1.54) is 4.90 Å². The second-order valence-corrected chi connectivity index (χ2v) is 6.25. The van der Waals surface area contributed by atoms with Gasteiger partial charge in [0.15, 0.2) is 0 Å². The van der Waals surface area contributed by atoms with Crippen molar-refractivity contribution in [3.63, 3.8) is 0 Å². The zero-order valence-corrected chi connectivity index (χ0v) is 14.5. The van der Waals surface area contributed by atoms with E-state index in [4.69, 9.17) is 0 Å². The molecule has 2 amide bonds. The van der Waals surface area contributed by atoms with Gasteiger partial charge < -0.3 is 20.3 Å². The molecule has 3 N–H and O–H groups in total. The number of carbonyl (C=O) groups excluding carboxylic acids is 1. The summed E-state index contributed by atoms with van der Waals surface area (Å²) < 4.78 is 0. The van der Waals surface area contributed by atoms with Gasteiger partial charge in [-0.15, -0.1) is 0 Å². The van der Waals surface area contributed by atoms with Crippen LogP contribution < -0.4 is 5.32 Å². The first-order valence-electron chi connectivity index (χ1n) is 8.38. The number of nitrogens with zero attached hydrogens (tertiary/aromatic N) is 1. The smallest absolute Gasteiger partial charge is 0.326 e. The molecule has 6 heteroatoms. The summed E-state index contributed by atoms with van der Waals surface area (Å²) in [6.45, 7) is 0.409. The summed E-state index contributed by atoms with van der Waals surface area (Å²) in [6.07, 6.45) is 2.00. The van der Waals surface area contributed by atoms with Crippen molar-refractivity contribution >= 4 is 22.9 Å². The first-order valence-corrected chi connectivity index (χ1v) is 8.38. The topological polar surface area (TPSA) is 85.4 Å². The SMILES string of the molecule is CN(Cc1ccccc1)C(=O)N[C@H](Cc1c[nH]c2ccccc12)C(=O)O. The third-order valence-electron chi connectivity index (χ3n) is 4.30. The summed E-state index contributed by atoms with van der Waals surface area (Å²) >= 11 is 0. The molecule has 1 heterocycles. The average Bonchev–Trinajstić information content (AvgIpc) is 3.05. The third kappa shape index (κ3) is 4.03. The molecule has 0 aliphatic carbocycles. The normalized spacial score (nSPS) is 11.9. The van der Waals surface area contributed by atoms with Gasteiger partial charge in [-0.2, -0.15) is 0 Å². The zero-order chi connectivity index (χ0) is 18.5. The van der Waals surface area contributed by atoms with Gasteiger partial charge in [0.05, 0.1) is 0 Å². The minimum atomic E-state index is -1.06. The van der Waals surface area contributed by atoms with Gasteiger partial charge in [-0.1, -0.05) is 48.5 Å². The predicted octanol–water partition coefficient (Wildman–Crippen LogP) is 3.01. The molecule has 3 rings (SSSR count). The Labute approximate surface area is 151 Å². The van der Waals surface area contributed by atoms with E-state index >= 15 is 0 Å². The molecule has 1 atom stereocenters.